The van der Waals surface area contributed by atoms with Gasteiger partial charge in [-0.2, -0.15) is 0 Å². The van der Waals surface area contributed by atoms with Gasteiger partial charge in [0.25, 0.3) is 0 Å². The minimum absolute atomic E-state index is 0.139. The Labute approximate surface area is 133 Å². The molecule has 1 heterocycles. The zero-order valence-corrected chi connectivity index (χ0v) is 13.2. The molecule has 0 radical (unpaired) electrons. The topological polar surface area (TPSA) is 61.8 Å². The van der Waals surface area contributed by atoms with E-state index in [-0.39, 0.29) is 12.1 Å². The minimum atomic E-state index is -1.03. The Morgan fingerprint density at radius 2 is 2.29 bits per heavy atom. The summed E-state index contributed by atoms with van der Waals surface area (Å²) in [5, 5.41) is 12.1. The summed E-state index contributed by atoms with van der Waals surface area (Å²) in [5.41, 5.74) is 1.08. The molecule has 0 spiro atoms. The number of nitrogens with zero attached hydrogens (tertiary/aromatic N) is 1. The zero-order chi connectivity index (χ0) is 15.4. The summed E-state index contributed by atoms with van der Waals surface area (Å²) in [6, 6.07) is 5.78. The lowest BCUT2D eigenvalue weighted by Crippen LogP contribution is -2.48. The first-order valence-corrected chi connectivity index (χ1v) is 7.50. The Morgan fingerprint density at radius 3 is 2.95 bits per heavy atom. The van der Waals surface area contributed by atoms with Crippen molar-refractivity contribution < 1.29 is 14.6 Å². The standard InChI is InChI=1S/C14H18Cl2N2O3/c1-9(10-2-3-12(15)13(16)6-10)18-4-5-21-11(8-18)7-17-14(19)20/h2-3,6,9,11,17H,4-5,7-8H2,1H3,(H,19,20)/t9?,11-/m0/s1. The number of hydrogen-bond donors (Lipinski definition) is 2. The number of morpholine rings is 1. The molecule has 0 aliphatic carbocycles. The third kappa shape index (κ3) is 4.48. The molecule has 1 amide bonds. The van der Waals surface area contributed by atoms with Crippen molar-refractivity contribution in [2.45, 2.75) is 19.1 Å². The molecule has 0 bridgehead atoms. The minimum Gasteiger partial charge on any atom is -0.465 e. The summed E-state index contributed by atoms with van der Waals surface area (Å²) in [6.45, 7) is 4.43. The summed E-state index contributed by atoms with van der Waals surface area (Å²) < 4.78 is 5.57. The number of amides is 1. The molecule has 1 aliphatic rings. The highest BCUT2D eigenvalue weighted by Gasteiger charge is 2.25. The second-order valence-corrected chi connectivity index (χ2v) is 5.84. The fraction of sp³-hybridized carbons (Fsp3) is 0.500. The van der Waals surface area contributed by atoms with Gasteiger partial charge in [-0.05, 0) is 24.6 Å². The highest BCUT2D eigenvalue weighted by atomic mass is 35.5. The van der Waals surface area contributed by atoms with Crippen molar-refractivity contribution >= 4 is 29.3 Å². The average molecular weight is 333 g/mol. The molecule has 0 aromatic heterocycles. The van der Waals surface area contributed by atoms with E-state index in [4.69, 9.17) is 33.0 Å². The molecule has 1 aliphatic heterocycles. The van der Waals surface area contributed by atoms with E-state index in [2.05, 4.69) is 17.1 Å². The molecular weight excluding hydrogens is 315 g/mol. The van der Waals surface area contributed by atoms with E-state index < -0.39 is 6.09 Å². The molecule has 1 fully saturated rings. The second-order valence-electron chi connectivity index (χ2n) is 5.02. The predicted molar refractivity (Wildman–Crippen MR) is 82.2 cm³/mol. The Hall–Kier alpha value is -1.01. The average Bonchev–Trinajstić information content (AvgIpc) is 2.47. The van der Waals surface area contributed by atoms with Gasteiger partial charge in [-0.25, -0.2) is 4.79 Å². The Morgan fingerprint density at radius 1 is 1.52 bits per heavy atom. The second kappa shape index (κ2) is 7.31. The Balaban J connectivity index is 1.99. The van der Waals surface area contributed by atoms with Crippen LogP contribution in [-0.4, -0.2) is 48.4 Å². The van der Waals surface area contributed by atoms with Gasteiger partial charge in [-0.1, -0.05) is 29.3 Å². The van der Waals surface area contributed by atoms with Gasteiger partial charge in [0, 0.05) is 25.7 Å². The van der Waals surface area contributed by atoms with Crippen LogP contribution in [0.2, 0.25) is 10.0 Å². The van der Waals surface area contributed by atoms with Crippen LogP contribution in [0.4, 0.5) is 4.79 Å². The van der Waals surface area contributed by atoms with Crippen LogP contribution in [0.1, 0.15) is 18.5 Å². The van der Waals surface area contributed by atoms with Crippen LogP contribution in [0.25, 0.3) is 0 Å². The number of carboxylic acid groups (broad SMARTS) is 1. The summed E-state index contributed by atoms with van der Waals surface area (Å²) in [4.78, 5) is 12.8. The van der Waals surface area contributed by atoms with Crippen LogP contribution in [0.15, 0.2) is 18.2 Å². The van der Waals surface area contributed by atoms with E-state index in [1.54, 1.807) is 6.07 Å². The molecule has 1 unspecified atom stereocenters. The van der Waals surface area contributed by atoms with Crippen molar-refractivity contribution in [1.29, 1.82) is 0 Å². The summed E-state index contributed by atoms with van der Waals surface area (Å²) >= 11 is 12.0. The molecule has 1 saturated heterocycles. The fourth-order valence-corrected chi connectivity index (χ4v) is 2.71. The van der Waals surface area contributed by atoms with Crippen molar-refractivity contribution in [3.8, 4) is 0 Å². The van der Waals surface area contributed by atoms with E-state index in [1.807, 2.05) is 12.1 Å². The third-order valence-electron chi connectivity index (χ3n) is 3.62. The van der Waals surface area contributed by atoms with Gasteiger partial charge in [-0.15, -0.1) is 0 Å². The third-order valence-corrected chi connectivity index (χ3v) is 4.36. The van der Waals surface area contributed by atoms with E-state index in [1.165, 1.54) is 0 Å². The molecule has 7 heteroatoms. The lowest BCUT2D eigenvalue weighted by atomic mass is 10.1. The van der Waals surface area contributed by atoms with Crippen molar-refractivity contribution in [2.75, 3.05) is 26.2 Å². The number of halogens is 2. The van der Waals surface area contributed by atoms with Gasteiger partial charge >= 0.3 is 6.09 Å². The maximum Gasteiger partial charge on any atom is 0.404 e. The molecule has 1 aromatic rings. The molecule has 2 atom stereocenters. The van der Waals surface area contributed by atoms with Gasteiger partial charge in [0.2, 0.25) is 0 Å². The molecular formula is C14H18Cl2N2O3. The number of nitrogens with one attached hydrogen (secondary N) is 1. The molecule has 1 aromatic carbocycles. The van der Waals surface area contributed by atoms with Crippen LogP contribution >= 0.6 is 23.2 Å². The first-order valence-electron chi connectivity index (χ1n) is 6.74. The van der Waals surface area contributed by atoms with Gasteiger partial charge in [0.05, 0.1) is 22.8 Å². The molecule has 21 heavy (non-hydrogen) atoms. The first-order chi connectivity index (χ1) is 9.97. The largest absolute Gasteiger partial charge is 0.465 e. The van der Waals surface area contributed by atoms with Crippen LogP contribution < -0.4 is 5.32 Å². The molecule has 0 saturated carbocycles. The number of carbonyl (C=O) groups is 1. The van der Waals surface area contributed by atoms with Gasteiger partial charge < -0.3 is 15.2 Å². The van der Waals surface area contributed by atoms with Crippen molar-refractivity contribution in [2.24, 2.45) is 0 Å². The Bertz CT molecular complexity index is 513. The molecule has 2 rings (SSSR count). The van der Waals surface area contributed by atoms with Crippen LogP contribution in [-0.2, 0) is 4.74 Å². The zero-order valence-electron chi connectivity index (χ0n) is 11.7. The lowest BCUT2D eigenvalue weighted by molar-refractivity contribution is -0.0394. The van der Waals surface area contributed by atoms with E-state index >= 15 is 0 Å². The van der Waals surface area contributed by atoms with Crippen LogP contribution in [0.5, 0.6) is 0 Å². The quantitative estimate of drug-likeness (QED) is 0.889. The molecule has 2 N–H and O–H groups in total. The van der Waals surface area contributed by atoms with E-state index in [0.717, 1.165) is 12.1 Å². The van der Waals surface area contributed by atoms with Crippen molar-refractivity contribution in [3.63, 3.8) is 0 Å². The smallest absolute Gasteiger partial charge is 0.404 e. The molecule has 116 valence electrons. The van der Waals surface area contributed by atoms with Gasteiger partial charge in [-0.3, -0.25) is 4.90 Å². The number of hydrogen-bond acceptors (Lipinski definition) is 3. The summed E-state index contributed by atoms with van der Waals surface area (Å²) in [5.74, 6) is 0. The maximum absolute atomic E-state index is 10.5. The number of rotatable bonds is 4. The Kier molecular flexibility index (Phi) is 5.70. The van der Waals surface area contributed by atoms with E-state index in [9.17, 15) is 4.79 Å². The summed E-state index contributed by atoms with van der Waals surface area (Å²) in [6.07, 6.45) is -1.17. The van der Waals surface area contributed by atoms with Crippen molar-refractivity contribution in [1.82, 2.24) is 10.2 Å². The first kappa shape index (κ1) is 16.4. The normalized spacial score (nSPS) is 21.0. The van der Waals surface area contributed by atoms with Crippen LogP contribution in [0, 0.1) is 0 Å². The number of benzene rings is 1. The SMILES string of the molecule is CC(c1ccc(Cl)c(Cl)c1)N1CCO[C@@H](CNC(=O)O)C1. The number of ether oxygens (including phenoxy) is 1. The maximum atomic E-state index is 10.5. The predicted octanol–water partition coefficient (Wildman–Crippen LogP) is 3.02. The molecule has 5 nitrogen and oxygen atoms in total. The van der Waals surface area contributed by atoms with Crippen molar-refractivity contribution in [3.05, 3.63) is 33.8 Å². The summed E-state index contributed by atoms with van der Waals surface area (Å²) in [7, 11) is 0. The fourth-order valence-electron chi connectivity index (χ4n) is 2.40. The monoisotopic (exact) mass is 332 g/mol. The van der Waals surface area contributed by atoms with E-state index in [0.29, 0.717) is 29.7 Å². The van der Waals surface area contributed by atoms with Gasteiger partial charge in [0.15, 0.2) is 0 Å². The van der Waals surface area contributed by atoms with Gasteiger partial charge in [0.1, 0.15) is 0 Å². The highest BCUT2D eigenvalue weighted by molar-refractivity contribution is 6.42. The lowest BCUT2D eigenvalue weighted by Gasteiger charge is -2.37. The highest BCUT2D eigenvalue weighted by Crippen LogP contribution is 2.29. The van der Waals surface area contributed by atoms with Crippen LogP contribution in [0.3, 0.4) is 0 Å².